The maximum atomic E-state index is 12.5. The van der Waals surface area contributed by atoms with E-state index < -0.39 is 18.0 Å². The standard InChI is InChI=1S/C16H28N4O3/c1-11(21)20-8-7-18-10-14(20)16(23)19-13(15(17)22)9-12-5-3-2-4-6-12/h12-14,18H,2-10H2,1H3,(H2,17,22)(H,19,23)/t13-,14+/m0/s1. The lowest BCUT2D eigenvalue weighted by Gasteiger charge is -2.35. The van der Waals surface area contributed by atoms with Gasteiger partial charge in [0, 0.05) is 26.6 Å². The van der Waals surface area contributed by atoms with E-state index in [0.29, 0.717) is 32.0 Å². The number of nitrogens with two attached hydrogens (primary N) is 1. The van der Waals surface area contributed by atoms with E-state index in [-0.39, 0.29) is 11.8 Å². The van der Waals surface area contributed by atoms with Crippen LogP contribution in [0.15, 0.2) is 0 Å². The highest BCUT2D eigenvalue weighted by atomic mass is 16.2. The molecule has 130 valence electrons. The summed E-state index contributed by atoms with van der Waals surface area (Å²) in [6.45, 7) is 3.03. The highest BCUT2D eigenvalue weighted by molar-refractivity contribution is 5.91. The molecular formula is C16H28N4O3. The van der Waals surface area contributed by atoms with Gasteiger partial charge >= 0.3 is 0 Å². The Morgan fingerprint density at radius 1 is 1.26 bits per heavy atom. The summed E-state index contributed by atoms with van der Waals surface area (Å²) < 4.78 is 0. The zero-order chi connectivity index (χ0) is 16.8. The van der Waals surface area contributed by atoms with Gasteiger partial charge in [-0.05, 0) is 12.3 Å². The topological polar surface area (TPSA) is 105 Å². The number of nitrogens with zero attached hydrogens (tertiary/aromatic N) is 1. The van der Waals surface area contributed by atoms with Crippen LogP contribution in [0.25, 0.3) is 0 Å². The third-order valence-corrected chi connectivity index (χ3v) is 4.90. The smallest absolute Gasteiger partial charge is 0.244 e. The van der Waals surface area contributed by atoms with Crippen molar-refractivity contribution < 1.29 is 14.4 Å². The maximum Gasteiger partial charge on any atom is 0.244 e. The first-order chi connectivity index (χ1) is 11.0. The van der Waals surface area contributed by atoms with Gasteiger partial charge < -0.3 is 21.3 Å². The fourth-order valence-electron chi connectivity index (χ4n) is 3.59. The van der Waals surface area contributed by atoms with Gasteiger partial charge in [0.05, 0.1) is 0 Å². The van der Waals surface area contributed by atoms with Crippen LogP contribution >= 0.6 is 0 Å². The van der Waals surface area contributed by atoms with Crippen LogP contribution in [-0.4, -0.2) is 54.3 Å². The number of carbonyl (C=O) groups excluding carboxylic acids is 3. The summed E-state index contributed by atoms with van der Waals surface area (Å²) in [5.74, 6) is -0.487. The second-order valence-electron chi connectivity index (χ2n) is 6.64. The molecule has 1 saturated carbocycles. The molecule has 2 aliphatic rings. The van der Waals surface area contributed by atoms with Gasteiger partial charge in [0.2, 0.25) is 17.7 Å². The Morgan fingerprint density at radius 3 is 2.57 bits per heavy atom. The second-order valence-corrected chi connectivity index (χ2v) is 6.64. The van der Waals surface area contributed by atoms with E-state index in [2.05, 4.69) is 10.6 Å². The molecule has 1 heterocycles. The lowest BCUT2D eigenvalue weighted by atomic mass is 9.84. The molecule has 0 radical (unpaired) electrons. The molecule has 2 atom stereocenters. The number of primary amides is 1. The minimum atomic E-state index is -0.652. The van der Waals surface area contributed by atoms with E-state index in [0.717, 1.165) is 12.8 Å². The number of carbonyl (C=O) groups is 3. The van der Waals surface area contributed by atoms with Crippen molar-refractivity contribution in [2.75, 3.05) is 19.6 Å². The van der Waals surface area contributed by atoms with Gasteiger partial charge in [0.25, 0.3) is 0 Å². The van der Waals surface area contributed by atoms with E-state index >= 15 is 0 Å². The Labute approximate surface area is 137 Å². The molecule has 0 aromatic heterocycles. The largest absolute Gasteiger partial charge is 0.368 e. The van der Waals surface area contributed by atoms with Gasteiger partial charge in [-0.15, -0.1) is 0 Å². The number of rotatable bonds is 5. The number of amides is 3. The predicted molar refractivity (Wildman–Crippen MR) is 86.4 cm³/mol. The summed E-state index contributed by atoms with van der Waals surface area (Å²) in [6, 6.07) is -1.23. The molecule has 0 spiro atoms. The molecule has 7 nitrogen and oxygen atoms in total. The lowest BCUT2D eigenvalue weighted by molar-refractivity contribution is -0.141. The molecule has 1 aliphatic carbocycles. The normalized spacial score (nSPS) is 24.0. The summed E-state index contributed by atoms with van der Waals surface area (Å²) >= 11 is 0. The van der Waals surface area contributed by atoms with E-state index in [1.165, 1.54) is 26.2 Å². The third-order valence-electron chi connectivity index (χ3n) is 4.90. The zero-order valence-electron chi connectivity index (χ0n) is 13.8. The van der Waals surface area contributed by atoms with Crippen molar-refractivity contribution in [1.29, 1.82) is 0 Å². The van der Waals surface area contributed by atoms with Crippen molar-refractivity contribution in [2.24, 2.45) is 11.7 Å². The van der Waals surface area contributed by atoms with E-state index in [1.54, 1.807) is 4.90 Å². The zero-order valence-corrected chi connectivity index (χ0v) is 13.8. The molecule has 0 aromatic carbocycles. The molecule has 2 rings (SSSR count). The summed E-state index contributed by atoms with van der Waals surface area (Å²) in [5, 5.41) is 5.88. The van der Waals surface area contributed by atoms with Crippen LogP contribution in [0.2, 0.25) is 0 Å². The number of hydrogen-bond donors (Lipinski definition) is 3. The van der Waals surface area contributed by atoms with Crippen molar-refractivity contribution in [3.63, 3.8) is 0 Å². The van der Waals surface area contributed by atoms with Crippen LogP contribution in [0, 0.1) is 5.92 Å². The summed E-state index contributed by atoms with van der Waals surface area (Å²) in [7, 11) is 0. The first-order valence-corrected chi connectivity index (χ1v) is 8.56. The SMILES string of the molecule is CC(=O)N1CCNC[C@@H]1C(=O)N[C@@H](CC1CCCCC1)C(N)=O. The Bertz CT molecular complexity index is 449. The maximum absolute atomic E-state index is 12.5. The van der Waals surface area contributed by atoms with Crippen LogP contribution in [0.1, 0.15) is 45.4 Å². The quantitative estimate of drug-likeness (QED) is 0.648. The molecule has 7 heteroatoms. The number of piperazine rings is 1. The van der Waals surface area contributed by atoms with Crippen LogP contribution in [0.4, 0.5) is 0 Å². The molecule has 0 bridgehead atoms. The van der Waals surface area contributed by atoms with Gasteiger partial charge in [-0.2, -0.15) is 0 Å². The van der Waals surface area contributed by atoms with E-state index in [4.69, 9.17) is 5.73 Å². The minimum Gasteiger partial charge on any atom is -0.368 e. The predicted octanol–water partition coefficient (Wildman–Crippen LogP) is -0.253. The van der Waals surface area contributed by atoms with E-state index in [9.17, 15) is 14.4 Å². The van der Waals surface area contributed by atoms with Gasteiger partial charge in [0.1, 0.15) is 12.1 Å². The van der Waals surface area contributed by atoms with Crippen molar-refractivity contribution >= 4 is 17.7 Å². The Kier molecular flexibility index (Phi) is 6.38. The Hall–Kier alpha value is -1.63. The first kappa shape index (κ1) is 17.7. The highest BCUT2D eigenvalue weighted by Gasteiger charge is 2.33. The molecule has 23 heavy (non-hydrogen) atoms. The summed E-state index contributed by atoms with van der Waals surface area (Å²) in [5.41, 5.74) is 5.48. The monoisotopic (exact) mass is 324 g/mol. The molecule has 0 aromatic rings. The lowest BCUT2D eigenvalue weighted by Crippen LogP contribution is -2.61. The van der Waals surface area contributed by atoms with Crippen LogP contribution in [0.5, 0.6) is 0 Å². The van der Waals surface area contributed by atoms with Gasteiger partial charge in [-0.25, -0.2) is 0 Å². The van der Waals surface area contributed by atoms with Gasteiger partial charge in [0.15, 0.2) is 0 Å². The Morgan fingerprint density at radius 2 is 1.96 bits per heavy atom. The summed E-state index contributed by atoms with van der Waals surface area (Å²) in [6.07, 6.45) is 6.37. The molecule has 4 N–H and O–H groups in total. The number of hydrogen-bond acceptors (Lipinski definition) is 4. The molecule has 0 unspecified atom stereocenters. The summed E-state index contributed by atoms with van der Waals surface area (Å²) in [4.78, 5) is 37.5. The van der Waals surface area contributed by atoms with Crippen molar-refractivity contribution in [1.82, 2.24) is 15.5 Å². The van der Waals surface area contributed by atoms with Gasteiger partial charge in [-0.3, -0.25) is 14.4 Å². The minimum absolute atomic E-state index is 0.130. The van der Waals surface area contributed by atoms with Crippen LogP contribution in [0.3, 0.4) is 0 Å². The average molecular weight is 324 g/mol. The van der Waals surface area contributed by atoms with Crippen molar-refractivity contribution in [3.8, 4) is 0 Å². The van der Waals surface area contributed by atoms with Crippen LogP contribution in [-0.2, 0) is 14.4 Å². The molecule has 1 saturated heterocycles. The molecular weight excluding hydrogens is 296 g/mol. The van der Waals surface area contributed by atoms with Crippen molar-refractivity contribution in [3.05, 3.63) is 0 Å². The van der Waals surface area contributed by atoms with Crippen molar-refractivity contribution in [2.45, 2.75) is 57.5 Å². The second kappa shape index (κ2) is 8.29. The first-order valence-electron chi connectivity index (χ1n) is 8.56. The van der Waals surface area contributed by atoms with Crippen LogP contribution < -0.4 is 16.4 Å². The average Bonchev–Trinajstić information content (AvgIpc) is 2.55. The molecule has 2 fully saturated rings. The highest BCUT2D eigenvalue weighted by Crippen LogP contribution is 2.27. The Balaban J connectivity index is 1.96. The fraction of sp³-hybridized carbons (Fsp3) is 0.812. The van der Waals surface area contributed by atoms with E-state index in [1.807, 2.05) is 0 Å². The molecule has 1 aliphatic heterocycles. The van der Waals surface area contributed by atoms with Gasteiger partial charge in [-0.1, -0.05) is 32.1 Å². The molecule has 3 amide bonds. The fourth-order valence-corrected chi connectivity index (χ4v) is 3.59. The third kappa shape index (κ3) is 4.92. The number of nitrogens with one attached hydrogen (secondary N) is 2.